The third-order valence-electron chi connectivity index (χ3n) is 3.27. The number of ether oxygens (including phenoxy) is 1. The number of hydrogen-bond donors (Lipinski definition) is 2. The number of hydrogen-bond acceptors (Lipinski definition) is 3. The van der Waals surface area contributed by atoms with E-state index in [9.17, 15) is 9.59 Å². The fourth-order valence-corrected chi connectivity index (χ4v) is 2.12. The SMILES string of the molecule is CCCCCCCOc1ccccc1/C=C(\NC(C)=O)C(=O)O. The van der Waals surface area contributed by atoms with E-state index in [1.165, 1.54) is 32.3 Å². The highest BCUT2D eigenvalue weighted by Crippen LogP contribution is 2.21. The number of carbonyl (C=O) groups is 2. The maximum atomic E-state index is 11.2. The lowest BCUT2D eigenvalue weighted by Gasteiger charge is -2.10. The zero-order valence-electron chi connectivity index (χ0n) is 13.8. The molecule has 1 aromatic rings. The minimum atomic E-state index is -1.19. The summed E-state index contributed by atoms with van der Waals surface area (Å²) >= 11 is 0. The number of carboxylic acids is 1. The van der Waals surface area contributed by atoms with Gasteiger partial charge in [0.2, 0.25) is 5.91 Å². The number of rotatable bonds is 10. The summed E-state index contributed by atoms with van der Waals surface area (Å²) in [5.41, 5.74) is 0.462. The van der Waals surface area contributed by atoms with Crippen LogP contribution in [-0.2, 0) is 9.59 Å². The number of benzene rings is 1. The molecule has 0 radical (unpaired) electrons. The quantitative estimate of drug-likeness (QED) is 0.510. The first-order chi connectivity index (χ1) is 11.0. The Kier molecular flexibility index (Phi) is 8.50. The molecule has 0 spiro atoms. The number of unbranched alkanes of at least 4 members (excludes halogenated alkanes) is 4. The number of carboxylic acid groups (broad SMARTS) is 1. The molecule has 1 rings (SSSR count). The first kappa shape index (κ1) is 18.7. The maximum absolute atomic E-state index is 11.2. The molecule has 0 aromatic heterocycles. The highest BCUT2D eigenvalue weighted by molar-refractivity contribution is 5.96. The van der Waals surface area contributed by atoms with Crippen LogP contribution in [0.5, 0.6) is 5.75 Å². The minimum absolute atomic E-state index is 0.170. The van der Waals surface area contributed by atoms with Gasteiger partial charge in [-0.25, -0.2) is 4.79 Å². The summed E-state index contributed by atoms with van der Waals surface area (Å²) in [4.78, 5) is 22.3. The van der Waals surface area contributed by atoms with Crippen molar-refractivity contribution in [1.82, 2.24) is 5.32 Å². The molecule has 5 heteroatoms. The lowest BCUT2D eigenvalue weighted by molar-refractivity contribution is -0.134. The Morgan fingerprint density at radius 3 is 2.52 bits per heavy atom. The predicted molar refractivity (Wildman–Crippen MR) is 90.1 cm³/mol. The fourth-order valence-electron chi connectivity index (χ4n) is 2.12. The second-order valence-corrected chi connectivity index (χ2v) is 5.34. The smallest absolute Gasteiger partial charge is 0.352 e. The molecule has 0 heterocycles. The molecule has 23 heavy (non-hydrogen) atoms. The van der Waals surface area contributed by atoms with Crippen LogP contribution in [0, 0.1) is 0 Å². The number of nitrogens with one attached hydrogen (secondary N) is 1. The second-order valence-electron chi connectivity index (χ2n) is 5.34. The van der Waals surface area contributed by atoms with Gasteiger partial charge < -0.3 is 15.2 Å². The normalized spacial score (nSPS) is 11.1. The molecule has 1 amide bonds. The van der Waals surface area contributed by atoms with Crippen molar-refractivity contribution in [3.8, 4) is 5.75 Å². The van der Waals surface area contributed by atoms with Gasteiger partial charge in [-0.05, 0) is 18.6 Å². The van der Waals surface area contributed by atoms with E-state index in [1.807, 2.05) is 6.07 Å². The molecule has 1 aromatic carbocycles. The molecule has 0 fully saturated rings. The standard InChI is InChI=1S/C18H25NO4/c1-3-4-5-6-9-12-23-17-11-8-7-10-15(17)13-16(18(21)22)19-14(2)20/h7-8,10-11,13H,3-6,9,12H2,1-2H3,(H,19,20)(H,21,22)/b16-13-. The highest BCUT2D eigenvalue weighted by Gasteiger charge is 2.10. The topological polar surface area (TPSA) is 75.6 Å². The van der Waals surface area contributed by atoms with Crippen LogP contribution in [0.3, 0.4) is 0 Å². The van der Waals surface area contributed by atoms with Crippen LogP contribution in [0.2, 0.25) is 0 Å². The highest BCUT2D eigenvalue weighted by atomic mass is 16.5. The first-order valence-corrected chi connectivity index (χ1v) is 7.99. The molecule has 0 saturated heterocycles. The summed E-state index contributed by atoms with van der Waals surface area (Å²) in [6.45, 7) is 4.04. The summed E-state index contributed by atoms with van der Waals surface area (Å²) in [7, 11) is 0. The van der Waals surface area contributed by atoms with Crippen molar-refractivity contribution in [1.29, 1.82) is 0 Å². The Bertz CT molecular complexity index is 552. The van der Waals surface area contributed by atoms with Crippen molar-refractivity contribution >= 4 is 18.0 Å². The molecule has 0 aliphatic heterocycles. The van der Waals surface area contributed by atoms with Crippen LogP contribution in [0.25, 0.3) is 6.08 Å². The second kappa shape index (κ2) is 10.4. The number of aliphatic carboxylic acids is 1. The van der Waals surface area contributed by atoms with Crippen molar-refractivity contribution in [3.05, 3.63) is 35.5 Å². The summed E-state index contributed by atoms with van der Waals surface area (Å²) in [5.74, 6) is -0.991. The van der Waals surface area contributed by atoms with Gasteiger partial charge in [0.25, 0.3) is 0 Å². The van der Waals surface area contributed by atoms with Crippen molar-refractivity contribution in [2.75, 3.05) is 6.61 Å². The van der Waals surface area contributed by atoms with E-state index < -0.39 is 11.9 Å². The van der Waals surface area contributed by atoms with Gasteiger partial charge in [-0.1, -0.05) is 50.8 Å². The molecule has 5 nitrogen and oxygen atoms in total. The molecule has 0 saturated carbocycles. The maximum Gasteiger partial charge on any atom is 0.352 e. The van der Waals surface area contributed by atoms with Crippen molar-refractivity contribution in [2.24, 2.45) is 0 Å². The van der Waals surface area contributed by atoms with E-state index in [0.717, 1.165) is 12.8 Å². The van der Waals surface area contributed by atoms with Gasteiger partial charge in [0.1, 0.15) is 11.4 Å². The van der Waals surface area contributed by atoms with Crippen LogP contribution < -0.4 is 10.1 Å². The minimum Gasteiger partial charge on any atom is -0.493 e. The monoisotopic (exact) mass is 319 g/mol. The Morgan fingerprint density at radius 2 is 1.87 bits per heavy atom. The molecular weight excluding hydrogens is 294 g/mol. The molecular formula is C18H25NO4. The number of para-hydroxylation sites is 1. The number of carbonyl (C=O) groups excluding carboxylic acids is 1. The van der Waals surface area contributed by atoms with Crippen LogP contribution in [0.1, 0.15) is 51.5 Å². The molecule has 0 unspecified atom stereocenters. The van der Waals surface area contributed by atoms with Crippen molar-refractivity contribution in [2.45, 2.75) is 46.0 Å². The Hall–Kier alpha value is -2.30. The lowest BCUT2D eigenvalue weighted by Crippen LogP contribution is -2.24. The van der Waals surface area contributed by atoms with Gasteiger partial charge in [0.15, 0.2) is 0 Å². The van der Waals surface area contributed by atoms with Gasteiger partial charge in [-0.2, -0.15) is 0 Å². The third kappa shape index (κ3) is 7.49. The van der Waals surface area contributed by atoms with Crippen LogP contribution in [0.4, 0.5) is 0 Å². The first-order valence-electron chi connectivity index (χ1n) is 7.99. The van der Waals surface area contributed by atoms with Gasteiger partial charge in [0.05, 0.1) is 6.61 Å². The van der Waals surface area contributed by atoms with Gasteiger partial charge in [0, 0.05) is 12.5 Å². The zero-order chi connectivity index (χ0) is 17.1. The van der Waals surface area contributed by atoms with E-state index in [4.69, 9.17) is 9.84 Å². The lowest BCUT2D eigenvalue weighted by atomic mass is 10.1. The van der Waals surface area contributed by atoms with Crippen molar-refractivity contribution < 1.29 is 19.4 Å². The van der Waals surface area contributed by atoms with E-state index in [-0.39, 0.29) is 5.70 Å². The van der Waals surface area contributed by atoms with Gasteiger partial charge in [-0.3, -0.25) is 4.79 Å². The van der Waals surface area contributed by atoms with Crippen molar-refractivity contribution in [3.63, 3.8) is 0 Å². The molecule has 0 atom stereocenters. The summed E-state index contributed by atoms with van der Waals surface area (Å²) in [6.07, 6.45) is 7.14. The van der Waals surface area contributed by atoms with Crippen LogP contribution in [0.15, 0.2) is 30.0 Å². The van der Waals surface area contributed by atoms with E-state index in [2.05, 4.69) is 12.2 Å². The van der Waals surface area contributed by atoms with Crippen LogP contribution in [-0.4, -0.2) is 23.6 Å². The summed E-state index contributed by atoms with van der Waals surface area (Å²) < 4.78 is 5.75. The van der Waals surface area contributed by atoms with E-state index >= 15 is 0 Å². The molecule has 0 bridgehead atoms. The number of amides is 1. The fraction of sp³-hybridized carbons (Fsp3) is 0.444. The summed E-state index contributed by atoms with van der Waals surface area (Å²) in [6, 6.07) is 7.19. The van der Waals surface area contributed by atoms with E-state index in [0.29, 0.717) is 17.9 Å². The average Bonchev–Trinajstić information content (AvgIpc) is 2.51. The predicted octanol–water partition coefficient (Wildman–Crippen LogP) is 3.60. The molecule has 0 aliphatic rings. The molecule has 0 aliphatic carbocycles. The molecule has 2 N–H and O–H groups in total. The third-order valence-corrected chi connectivity index (χ3v) is 3.27. The van der Waals surface area contributed by atoms with E-state index in [1.54, 1.807) is 18.2 Å². The Balaban J connectivity index is 2.72. The average molecular weight is 319 g/mol. The Labute approximate surface area is 137 Å². The molecule has 126 valence electrons. The van der Waals surface area contributed by atoms with Gasteiger partial charge >= 0.3 is 5.97 Å². The van der Waals surface area contributed by atoms with Gasteiger partial charge in [-0.15, -0.1) is 0 Å². The van der Waals surface area contributed by atoms with Crippen LogP contribution >= 0.6 is 0 Å². The largest absolute Gasteiger partial charge is 0.493 e. The zero-order valence-corrected chi connectivity index (χ0v) is 13.8. The summed E-state index contributed by atoms with van der Waals surface area (Å²) in [5, 5.41) is 11.5. The Morgan fingerprint density at radius 1 is 1.17 bits per heavy atom.